The number of sulfonamides is 1. The summed E-state index contributed by atoms with van der Waals surface area (Å²) >= 11 is 0. The lowest BCUT2D eigenvalue weighted by molar-refractivity contribution is -0.181. The number of hydrogen-bond donors (Lipinski definition) is 2. The van der Waals surface area contributed by atoms with E-state index < -0.39 is 33.8 Å². The van der Waals surface area contributed by atoms with Crippen LogP contribution in [0.3, 0.4) is 0 Å². The molecular formula is C8H7F3N2O5S. The average molecular weight is 300 g/mol. The van der Waals surface area contributed by atoms with E-state index >= 15 is 0 Å². The number of aromatic nitrogens is 1. The van der Waals surface area contributed by atoms with Crippen molar-refractivity contribution >= 4 is 16.0 Å². The Bertz CT molecular complexity index is 555. The second-order valence-electron chi connectivity index (χ2n) is 3.18. The van der Waals surface area contributed by atoms with E-state index in [9.17, 15) is 26.4 Å². The summed E-state index contributed by atoms with van der Waals surface area (Å²) in [5, 5.41) is 7.89. The third-order valence-electron chi connectivity index (χ3n) is 1.66. The first kappa shape index (κ1) is 15.3. The van der Waals surface area contributed by atoms with E-state index in [-0.39, 0.29) is 5.56 Å². The Balaban J connectivity index is 2.75. The lowest BCUT2D eigenvalue weighted by Gasteiger charge is -2.08. The fraction of sp³-hybridized carbons (Fsp3) is 0.250. The van der Waals surface area contributed by atoms with Crippen LogP contribution in [0, 0.1) is 0 Å². The summed E-state index contributed by atoms with van der Waals surface area (Å²) in [5.74, 6) is -1.32. The second kappa shape index (κ2) is 5.50. The van der Waals surface area contributed by atoms with E-state index in [2.05, 4.69) is 9.82 Å². The molecule has 1 aromatic heterocycles. The van der Waals surface area contributed by atoms with Crippen LogP contribution in [0.4, 0.5) is 13.2 Å². The molecule has 0 bridgehead atoms. The van der Waals surface area contributed by atoms with Gasteiger partial charge in [-0.3, -0.25) is 4.84 Å². The van der Waals surface area contributed by atoms with Gasteiger partial charge in [-0.2, -0.15) is 13.2 Å². The number of alkyl halides is 3. The molecule has 0 fully saturated rings. The summed E-state index contributed by atoms with van der Waals surface area (Å²) in [6.45, 7) is -1.81. The molecule has 0 saturated heterocycles. The first-order chi connectivity index (χ1) is 8.62. The normalized spacial score (nSPS) is 12.4. The first-order valence-electron chi connectivity index (χ1n) is 4.51. The van der Waals surface area contributed by atoms with Crippen LogP contribution in [0.15, 0.2) is 23.4 Å². The molecule has 0 spiro atoms. The van der Waals surface area contributed by atoms with E-state index in [1.807, 2.05) is 0 Å². The van der Waals surface area contributed by atoms with Gasteiger partial charge in [0.2, 0.25) is 0 Å². The highest BCUT2D eigenvalue weighted by atomic mass is 32.2. The molecule has 0 unspecified atom stereocenters. The number of pyridine rings is 1. The van der Waals surface area contributed by atoms with E-state index in [0.29, 0.717) is 0 Å². The molecule has 1 rings (SSSR count). The minimum Gasteiger partial charge on any atom is -0.478 e. The Hall–Kier alpha value is -1.72. The summed E-state index contributed by atoms with van der Waals surface area (Å²) in [7, 11) is -4.40. The molecule has 0 aromatic carbocycles. The SMILES string of the molecule is O=C(O)c1ccc(S(=O)(=O)NOCC(F)(F)F)nc1. The topological polar surface area (TPSA) is 106 Å². The fourth-order valence-electron chi connectivity index (χ4n) is 0.897. The van der Waals surface area contributed by atoms with Crippen LogP contribution in [0.5, 0.6) is 0 Å². The lowest BCUT2D eigenvalue weighted by atomic mass is 10.3. The van der Waals surface area contributed by atoms with Crippen molar-refractivity contribution in [2.75, 3.05) is 6.61 Å². The number of halogens is 3. The second-order valence-corrected chi connectivity index (χ2v) is 4.77. The van der Waals surface area contributed by atoms with Gasteiger partial charge in [0.25, 0.3) is 10.0 Å². The third-order valence-corrected chi connectivity index (χ3v) is 2.79. The molecule has 0 aliphatic rings. The van der Waals surface area contributed by atoms with Crippen molar-refractivity contribution in [1.82, 2.24) is 9.87 Å². The predicted molar refractivity (Wildman–Crippen MR) is 53.5 cm³/mol. The van der Waals surface area contributed by atoms with Gasteiger partial charge in [0.05, 0.1) is 5.56 Å². The number of rotatable bonds is 5. The van der Waals surface area contributed by atoms with Gasteiger partial charge in [-0.15, -0.1) is 0 Å². The fourth-order valence-corrected chi connectivity index (χ4v) is 1.64. The molecule has 106 valence electrons. The van der Waals surface area contributed by atoms with Crippen LogP contribution < -0.4 is 4.89 Å². The van der Waals surface area contributed by atoms with Crippen LogP contribution in [0.1, 0.15) is 10.4 Å². The summed E-state index contributed by atoms with van der Waals surface area (Å²) in [4.78, 5) is 18.8. The number of aromatic carboxylic acids is 1. The van der Waals surface area contributed by atoms with Crippen molar-refractivity contribution in [1.29, 1.82) is 0 Å². The van der Waals surface area contributed by atoms with Crippen molar-refractivity contribution < 1.29 is 36.3 Å². The predicted octanol–water partition coefficient (Wildman–Crippen LogP) is 0.552. The van der Waals surface area contributed by atoms with E-state index in [1.165, 1.54) is 4.89 Å². The van der Waals surface area contributed by atoms with Crippen LogP contribution >= 0.6 is 0 Å². The molecule has 7 nitrogen and oxygen atoms in total. The van der Waals surface area contributed by atoms with Crippen molar-refractivity contribution in [3.05, 3.63) is 23.9 Å². The monoisotopic (exact) mass is 300 g/mol. The highest BCUT2D eigenvalue weighted by molar-refractivity contribution is 7.89. The molecule has 0 atom stereocenters. The van der Waals surface area contributed by atoms with Gasteiger partial charge < -0.3 is 5.11 Å². The number of carbonyl (C=O) groups is 1. The maximum atomic E-state index is 11.7. The smallest absolute Gasteiger partial charge is 0.413 e. The number of carboxylic acids is 1. The maximum Gasteiger partial charge on any atom is 0.413 e. The Kier molecular flexibility index (Phi) is 4.44. The molecule has 0 amide bonds. The number of carboxylic acid groups (broad SMARTS) is 1. The number of hydrogen-bond acceptors (Lipinski definition) is 5. The van der Waals surface area contributed by atoms with Crippen molar-refractivity contribution in [2.45, 2.75) is 11.2 Å². The summed E-state index contributed by atoms with van der Waals surface area (Å²) in [6, 6.07) is 1.76. The largest absolute Gasteiger partial charge is 0.478 e. The van der Waals surface area contributed by atoms with Gasteiger partial charge in [-0.05, 0) is 12.1 Å². The van der Waals surface area contributed by atoms with Crippen LogP contribution in [-0.2, 0) is 14.9 Å². The molecule has 0 aliphatic carbocycles. The molecule has 1 heterocycles. The molecule has 0 radical (unpaired) electrons. The van der Waals surface area contributed by atoms with Gasteiger partial charge >= 0.3 is 12.1 Å². The van der Waals surface area contributed by atoms with Crippen molar-refractivity contribution in [2.24, 2.45) is 0 Å². The van der Waals surface area contributed by atoms with Gasteiger partial charge in [-0.1, -0.05) is 4.89 Å². The molecule has 0 saturated carbocycles. The van der Waals surface area contributed by atoms with E-state index in [4.69, 9.17) is 5.11 Å². The molecule has 0 aliphatic heterocycles. The van der Waals surface area contributed by atoms with Crippen LogP contribution in [0.2, 0.25) is 0 Å². The lowest BCUT2D eigenvalue weighted by Crippen LogP contribution is -2.30. The van der Waals surface area contributed by atoms with Gasteiger partial charge in [0.15, 0.2) is 11.6 Å². The Morgan fingerprint density at radius 1 is 1.42 bits per heavy atom. The zero-order valence-corrected chi connectivity index (χ0v) is 9.83. The molecule has 11 heteroatoms. The molecule has 19 heavy (non-hydrogen) atoms. The highest BCUT2D eigenvalue weighted by Gasteiger charge is 2.29. The summed E-state index contributed by atoms with van der Waals surface area (Å²) < 4.78 is 58.0. The maximum absolute atomic E-state index is 11.7. The minimum atomic E-state index is -4.69. The third kappa shape index (κ3) is 4.81. The zero-order chi connectivity index (χ0) is 14.7. The van der Waals surface area contributed by atoms with Gasteiger partial charge in [0, 0.05) is 6.20 Å². The number of nitrogens with zero attached hydrogens (tertiary/aromatic N) is 1. The molecule has 1 aromatic rings. The standard InChI is InChI=1S/C8H7F3N2O5S/c9-8(10,11)4-18-13-19(16,17)6-2-1-5(3-12-6)7(14)15/h1-3,13H,4H2,(H,14,15). The van der Waals surface area contributed by atoms with E-state index in [0.717, 1.165) is 18.3 Å². The quantitative estimate of drug-likeness (QED) is 0.769. The molecular weight excluding hydrogens is 293 g/mol. The Morgan fingerprint density at radius 2 is 2.05 bits per heavy atom. The van der Waals surface area contributed by atoms with Gasteiger partial charge in [0.1, 0.15) is 0 Å². The first-order valence-corrected chi connectivity index (χ1v) is 6.00. The van der Waals surface area contributed by atoms with Crippen molar-refractivity contribution in [3.8, 4) is 0 Å². The average Bonchev–Trinajstić information content (AvgIpc) is 2.27. The number of nitrogens with one attached hydrogen (secondary N) is 1. The van der Waals surface area contributed by atoms with Crippen molar-refractivity contribution in [3.63, 3.8) is 0 Å². The zero-order valence-electron chi connectivity index (χ0n) is 9.01. The Labute approximate surface area is 105 Å². The Morgan fingerprint density at radius 3 is 2.47 bits per heavy atom. The van der Waals surface area contributed by atoms with E-state index in [1.54, 1.807) is 0 Å². The van der Waals surface area contributed by atoms with Crippen LogP contribution in [0.25, 0.3) is 0 Å². The van der Waals surface area contributed by atoms with Crippen LogP contribution in [-0.4, -0.2) is 37.3 Å². The van der Waals surface area contributed by atoms with Gasteiger partial charge in [-0.25, -0.2) is 18.2 Å². The highest BCUT2D eigenvalue weighted by Crippen LogP contribution is 2.14. The summed E-state index contributed by atoms with van der Waals surface area (Å²) in [5.41, 5.74) is -0.268. The molecule has 2 N–H and O–H groups in total. The minimum absolute atomic E-state index is 0.268. The summed E-state index contributed by atoms with van der Waals surface area (Å²) in [6.07, 6.45) is -3.94.